The van der Waals surface area contributed by atoms with E-state index in [0.29, 0.717) is 0 Å². The minimum Gasteiger partial charge on any atom is -0.374 e. The zero-order chi connectivity index (χ0) is 11.3. The molecule has 0 aromatic heterocycles. The predicted octanol–water partition coefficient (Wildman–Crippen LogP) is 3.13. The summed E-state index contributed by atoms with van der Waals surface area (Å²) in [5, 5.41) is 12.1. The van der Waals surface area contributed by atoms with Crippen molar-refractivity contribution in [3.63, 3.8) is 0 Å². The van der Waals surface area contributed by atoms with E-state index in [2.05, 4.69) is 36.2 Å². The van der Waals surface area contributed by atoms with Crippen LogP contribution in [0.2, 0.25) is 0 Å². The van der Waals surface area contributed by atoms with E-state index >= 15 is 0 Å². The maximum Gasteiger partial charge on any atom is 0.121 e. The summed E-state index contributed by atoms with van der Waals surface area (Å²) in [4.78, 5) is 2.28. The van der Waals surface area contributed by atoms with Crippen molar-refractivity contribution < 1.29 is 5.11 Å². The number of rotatable bonds is 5. The molecule has 0 fully saturated rings. The molecule has 0 spiro atoms. The molecule has 0 saturated heterocycles. The summed E-state index contributed by atoms with van der Waals surface area (Å²) in [6.07, 6.45) is -0.510. The van der Waals surface area contributed by atoms with Crippen LogP contribution < -0.4 is 10.2 Å². The second kappa shape index (κ2) is 9.40. The summed E-state index contributed by atoms with van der Waals surface area (Å²) in [5.41, 5.74) is 2.16. The summed E-state index contributed by atoms with van der Waals surface area (Å²) in [6.45, 7) is 8.02. The van der Waals surface area contributed by atoms with Gasteiger partial charge in [-0.2, -0.15) is 0 Å². The highest BCUT2D eigenvalue weighted by Gasteiger charge is 2.01. The van der Waals surface area contributed by atoms with Gasteiger partial charge >= 0.3 is 0 Å². The van der Waals surface area contributed by atoms with Gasteiger partial charge in [0, 0.05) is 24.5 Å². The normalized spacial score (nSPS) is 10.8. The Morgan fingerprint density at radius 2 is 1.59 bits per heavy atom. The summed E-state index contributed by atoms with van der Waals surface area (Å²) in [6, 6.07) is 8.11. The van der Waals surface area contributed by atoms with E-state index in [4.69, 9.17) is 5.11 Å². The smallest absolute Gasteiger partial charge is 0.121 e. The molecule has 0 aliphatic heterocycles. The van der Waals surface area contributed by atoms with Crippen LogP contribution >= 0.6 is 24.8 Å². The molecule has 3 nitrogen and oxygen atoms in total. The van der Waals surface area contributed by atoms with Crippen LogP contribution in [-0.4, -0.2) is 24.4 Å². The molecule has 0 heterocycles. The number of nitrogens with zero attached hydrogens (tertiary/aromatic N) is 1. The Morgan fingerprint density at radius 1 is 1.12 bits per heavy atom. The molecule has 1 atom stereocenters. The first-order valence-electron chi connectivity index (χ1n) is 5.47. The van der Waals surface area contributed by atoms with Gasteiger partial charge in [0.25, 0.3) is 0 Å². The van der Waals surface area contributed by atoms with E-state index in [0.717, 1.165) is 18.8 Å². The SMILES string of the molecule is CCN(CC)c1ccc(NC(C)O)cc1.Cl.Cl. The molecule has 1 aromatic rings. The highest BCUT2D eigenvalue weighted by atomic mass is 35.5. The molecule has 0 saturated carbocycles. The van der Waals surface area contributed by atoms with E-state index in [1.54, 1.807) is 6.92 Å². The molecule has 100 valence electrons. The lowest BCUT2D eigenvalue weighted by Gasteiger charge is -2.21. The Labute approximate surface area is 116 Å². The van der Waals surface area contributed by atoms with Crippen molar-refractivity contribution >= 4 is 36.2 Å². The van der Waals surface area contributed by atoms with Gasteiger partial charge in [0.05, 0.1) is 0 Å². The molecule has 17 heavy (non-hydrogen) atoms. The number of benzene rings is 1. The van der Waals surface area contributed by atoms with Crippen LogP contribution in [0.15, 0.2) is 24.3 Å². The van der Waals surface area contributed by atoms with Crippen molar-refractivity contribution in [2.75, 3.05) is 23.3 Å². The van der Waals surface area contributed by atoms with Crippen molar-refractivity contribution in [1.29, 1.82) is 0 Å². The summed E-state index contributed by atoms with van der Waals surface area (Å²) in [7, 11) is 0. The number of hydrogen-bond acceptors (Lipinski definition) is 3. The van der Waals surface area contributed by atoms with E-state index in [1.807, 2.05) is 12.1 Å². The molecule has 0 bridgehead atoms. The fourth-order valence-electron chi connectivity index (χ4n) is 1.60. The van der Waals surface area contributed by atoms with Crippen molar-refractivity contribution in [2.45, 2.75) is 27.0 Å². The third-order valence-corrected chi connectivity index (χ3v) is 2.37. The van der Waals surface area contributed by atoms with Crippen LogP contribution in [0.1, 0.15) is 20.8 Å². The van der Waals surface area contributed by atoms with Gasteiger partial charge in [0.1, 0.15) is 6.23 Å². The zero-order valence-corrected chi connectivity index (χ0v) is 12.1. The van der Waals surface area contributed by atoms with Crippen LogP contribution in [0.4, 0.5) is 11.4 Å². The molecule has 0 amide bonds. The first-order chi connectivity index (χ1) is 7.17. The molecule has 0 aliphatic rings. The van der Waals surface area contributed by atoms with Crippen LogP contribution in [0.25, 0.3) is 0 Å². The van der Waals surface area contributed by atoms with E-state index in [1.165, 1.54) is 5.69 Å². The number of aliphatic hydroxyl groups excluding tert-OH is 1. The van der Waals surface area contributed by atoms with Gasteiger partial charge in [0.2, 0.25) is 0 Å². The standard InChI is InChI=1S/C12H20N2O.2ClH/c1-4-14(5-2)12-8-6-11(7-9-12)13-10(3)15;;/h6-10,13,15H,4-5H2,1-3H3;2*1H. The number of nitrogens with one attached hydrogen (secondary N) is 1. The summed E-state index contributed by atoms with van der Waals surface area (Å²) < 4.78 is 0. The topological polar surface area (TPSA) is 35.5 Å². The van der Waals surface area contributed by atoms with Crippen LogP contribution in [-0.2, 0) is 0 Å². The van der Waals surface area contributed by atoms with Crippen molar-refractivity contribution in [2.24, 2.45) is 0 Å². The zero-order valence-electron chi connectivity index (χ0n) is 10.5. The minimum absolute atomic E-state index is 0. The molecule has 0 radical (unpaired) electrons. The third-order valence-electron chi connectivity index (χ3n) is 2.37. The summed E-state index contributed by atoms with van der Waals surface area (Å²) in [5.74, 6) is 0. The maximum absolute atomic E-state index is 9.16. The maximum atomic E-state index is 9.16. The highest BCUT2D eigenvalue weighted by molar-refractivity contribution is 5.85. The van der Waals surface area contributed by atoms with Gasteiger partial charge in [-0.3, -0.25) is 0 Å². The fourth-order valence-corrected chi connectivity index (χ4v) is 1.60. The molecule has 1 unspecified atom stereocenters. The monoisotopic (exact) mass is 280 g/mol. The van der Waals surface area contributed by atoms with Gasteiger partial charge in [-0.15, -0.1) is 24.8 Å². The highest BCUT2D eigenvalue weighted by Crippen LogP contribution is 2.17. The van der Waals surface area contributed by atoms with Gasteiger partial charge < -0.3 is 15.3 Å². The first kappa shape index (κ1) is 18.7. The predicted molar refractivity (Wildman–Crippen MR) is 79.8 cm³/mol. The van der Waals surface area contributed by atoms with Gasteiger partial charge in [-0.1, -0.05) is 0 Å². The Kier molecular flexibility index (Phi) is 10.3. The van der Waals surface area contributed by atoms with Gasteiger partial charge in [0.15, 0.2) is 0 Å². The van der Waals surface area contributed by atoms with Crippen molar-refractivity contribution in [3.8, 4) is 0 Å². The fraction of sp³-hybridized carbons (Fsp3) is 0.500. The number of anilines is 2. The Balaban J connectivity index is 0. The molecule has 0 aliphatic carbocycles. The van der Waals surface area contributed by atoms with Crippen molar-refractivity contribution in [1.82, 2.24) is 0 Å². The van der Waals surface area contributed by atoms with E-state index < -0.39 is 6.23 Å². The molecular weight excluding hydrogens is 259 g/mol. The number of aliphatic hydroxyl groups is 1. The Bertz CT molecular complexity index is 287. The summed E-state index contributed by atoms with van der Waals surface area (Å²) >= 11 is 0. The second-order valence-corrected chi connectivity index (χ2v) is 3.54. The van der Waals surface area contributed by atoms with E-state index in [9.17, 15) is 0 Å². The van der Waals surface area contributed by atoms with Crippen LogP contribution in [0, 0.1) is 0 Å². The lowest BCUT2D eigenvalue weighted by molar-refractivity contribution is 0.224. The Morgan fingerprint density at radius 3 is 1.94 bits per heavy atom. The third kappa shape index (κ3) is 6.01. The quantitative estimate of drug-likeness (QED) is 0.814. The molecule has 1 rings (SSSR count). The molecule has 5 heteroatoms. The second-order valence-electron chi connectivity index (χ2n) is 3.54. The van der Waals surface area contributed by atoms with Gasteiger partial charge in [-0.25, -0.2) is 0 Å². The molecular formula is C12H22Cl2N2O. The average molecular weight is 281 g/mol. The van der Waals surface area contributed by atoms with Crippen molar-refractivity contribution in [3.05, 3.63) is 24.3 Å². The number of halogens is 2. The Hall–Kier alpha value is -0.640. The number of hydrogen-bond donors (Lipinski definition) is 2. The molecule has 2 N–H and O–H groups in total. The van der Waals surface area contributed by atoms with Crippen LogP contribution in [0.3, 0.4) is 0 Å². The lowest BCUT2D eigenvalue weighted by Crippen LogP contribution is -2.21. The van der Waals surface area contributed by atoms with E-state index in [-0.39, 0.29) is 24.8 Å². The minimum atomic E-state index is -0.510. The first-order valence-corrected chi connectivity index (χ1v) is 5.47. The average Bonchev–Trinajstić information content (AvgIpc) is 2.21. The van der Waals surface area contributed by atoms with Crippen LogP contribution in [0.5, 0.6) is 0 Å². The largest absolute Gasteiger partial charge is 0.374 e. The van der Waals surface area contributed by atoms with Gasteiger partial charge in [-0.05, 0) is 45.0 Å². The molecule has 1 aromatic carbocycles. The lowest BCUT2D eigenvalue weighted by atomic mass is 10.2.